The molecule has 2 N–H and O–H groups in total. The largest absolute Gasteiger partial charge is 0.356 e. The highest BCUT2D eigenvalue weighted by molar-refractivity contribution is 14.0. The number of guanidine groups is 1. The summed E-state index contributed by atoms with van der Waals surface area (Å²) in [5.74, 6) is 2.30. The monoisotopic (exact) mass is 442 g/mol. The van der Waals surface area contributed by atoms with Gasteiger partial charge >= 0.3 is 0 Å². The molecule has 0 spiro atoms. The zero-order valence-electron chi connectivity index (χ0n) is 14.6. The van der Waals surface area contributed by atoms with Gasteiger partial charge in [0, 0.05) is 25.2 Å². The maximum absolute atomic E-state index is 5.39. The molecule has 2 aromatic rings. The van der Waals surface area contributed by atoms with Crippen molar-refractivity contribution in [2.75, 3.05) is 13.6 Å². The Morgan fingerprint density at radius 3 is 2.62 bits per heavy atom. The molecule has 0 bridgehead atoms. The summed E-state index contributed by atoms with van der Waals surface area (Å²) in [5, 5.41) is 10.7. The van der Waals surface area contributed by atoms with E-state index in [1.807, 2.05) is 36.4 Å². The number of nitrogens with one attached hydrogen (secondary N) is 2. The lowest BCUT2D eigenvalue weighted by molar-refractivity contribution is 0.422. The predicted molar refractivity (Wildman–Crippen MR) is 110 cm³/mol. The van der Waals surface area contributed by atoms with Gasteiger partial charge in [0.05, 0.1) is 6.54 Å². The molecule has 24 heavy (non-hydrogen) atoms. The van der Waals surface area contributed by atoms with Crippen molar-refractivity contribution in [3.8, 4) is 11.3 Å². The lowest BCUT2D eigenvalue weighted by atomic mass is 10.1. The summed E-state index contributed by atoms with van der Waals surface area (Å²) in [6, 6.07) is 11.9. The van der Waals surface area contributed by atoms with Crippen LogP contribution in [-0.4, -0.2) is 24.7 Å². The van der Waals surface area contributed by atoms with Crippen LogP contribution >= 0.6 is 24.0 Å². The second-order valence-corrected chi connectivity index (χ2v) is 5.94. The van der Waals surface area contributed by atoms with Crippen molar-refractivity contribution in [2.24, 2.45) is 10.9 Å². The molecular weight excluding hydrogens is 415 g/mol. The van der Waals surface area contributed by atoms with Crippen molar-refractivity contribution in [3.05, 3.63) is 42.1 Å². The van der Waals surface area contributed by atoms with E-state index in [0.717, 1.165) is 41.9 Å². The van der Waals surface area contributed by atoms with Crippen molar-refractivity contribution >= 4 is 29.9 Å². The van der Waals surface area contributed by atoms with Crippen LogP contribution < -0.4 is 10.6 Å². The van der Waals surface area contributed by atoms with Crippen LogP contribution in [-0.2, 0) is 6.54 Å². The summed E-state index contributed by atoms with van der Waals surface area (Å²) in [6.45, 7) is 5.98. The summed E-state index contributed by atoms with van der Waals surface area (Å²) < 4.78 is 5.39. The molecule has 0 aliphatic rings. The van der Waals surface area contributed by atoms with E-state index in [1.165, 1.54) is 6.42 Å². The highest BCUT2D eigenvalue weighted by atomic mass is 127. The molecule has 2 rings (SSSR count). The highest BCUT2D eigenvalue weighted by Gasteiger charge is 2.07. The van der Waals surface area contributed by atoms with Gasteiger partial charge < -0.3 is 15.2 Å². The standard InChI is InChI=1S/C18H26N4O.HI/c1-14(2)8-7-11-20-18(19-3)21-13-16-12-17(23-22-16)15-9-5-4-6-10-15;/h4-6,9-10,12,14H,7-8,11,13H2,1-3H3,(H2,19,20,21);1H. The van der Waals surface area contributed by atoms with Gasteiger partial charge in [-0.25, -0.2) is 0 Å². The first kappa shape index (κ1) is 20.5. The normalized spacial score (nSPS) is 11.2. The second kappa shape index (κ2) is 11.1. The molecule has 0 fully saturated rings. The summed E-state index contributed by atoms with van der Waals surface area (Å²) >= 11 is 0. The van der Waals surface area contributed by atoms with Crippen LogP contribution in [0.5, 0.6) is 0 Å². The smallest absolute Gasteiger partial charge is 0.191 e. The predicted octanol–water partition coefficient (Wildman–Crippen LogP) is 4.06. The number of aromatic nitrogens is 1. The van der Waals surface area contributed by atoms with Crippen LogP contribution in [0.4, 0.5) is 0 Å². The SMILES string of the molecule is CN=C(NCCCC(C)C)NCc1cc(-c2ccccc2)on1.I. The molecule has 0 unspecified atom stereocenters. The maximum atomic E-state index is 5.39. The number of nitrogens with zero attached hydrogens (tertiary/aromatic N) is 2. The van der Waals surface area contributed by atoms with Crippen molar-refractivity contribution in [3.63, 3.8) is 0 Å². The number of hydrogen-bond acceptors (Lipinski definition) is 3. The molecule has 132 valence electrons. The molecule has 0 aliphatic carbocycles. The Kier molecular flexibility index (Phi) is 9.44. The molecule has 5 nitrogen and oxygen atoms in total. The van der Waals surface area contributed by atoms with Crippen LogP contribution in [0, 0.1) is 5.92 Å². The Balaban J connectivity index is 0.00000288. The Hall–Kier alpha value is -1.57. The molecule has 0 radical (unpaired) electrons. The Morgan fingerprint density at radius 2 is 1.96 bits per heavy atom. The van der Waals surface area contributed by atoms with Crippen molar-refractivity contribution in [1.82, 2.24) is 15.8 Å². The number of hydrogen-bond donors (Lipinski definition) is 2. The van der Waals surface area contributed by atoms with E-state index in [4.69, 9.17) is 4.52 Å². The van der Waals surface area contributed by atoms with Crippen molar-refractivity contribution < 1.29 is 4.52 Å². The minimum Gasteiger partial charge on any atom is -0.356 e. The Labute approximate surface area is 161 Å². The highest BCUT2D eigenvalue weighted by Crippen LogP contribution is 2.19. The second-order valence-electron chi connectivity index (χ2n) is 5.94. The van der Waals surface area contributed by atoms with E-state index in [-0.39, 0.29) is 24.0 Å². The van der Waals surface area contributed by atoms with Gasteiger partial charge in [-0.2, -0.15) is 0 Å². The number of halogens is 1. The quantitative estimate of drug-likeness (QED) is 0.294. The Bertz CT molecular complexity index is 610. The van der Waals surface area contributed by atoms with Gasteiger partial charge in [0.25, 0.3) is 0 Å². The van der Waals surface area contributed by atoms with Gasteiger partial charge in [-0.05, 0) is 18.8 Å². The van der Waals surface area contributed by atoms with Gasteiger partial charge in [0.1, 0.15) is 5.69 Å². The van der Waals surface area contributed by atoms with Crippen molar-refractivity contribution in [2.45, 2.75) is 33.2 Å². The van der Waals surface area contributed by atoms with E-state index in [1.54, 1.807) is 7.05 Å². The molecule has 1 aromatic heterocycles. The van der Waals surface area contributed by atoms with E-state index in [2.05, 4.69) is 34.6 Å². The van der Waals surface area contributed by atoms with Crippen LogP contribution in [0.15, 0.2) is 45.9 Å². The molecule has 0 amide bonds. The summed E-state index contributed by atoms with van der Waals surface area (Å²) in [6.07, 6.45) is 2.36. The zero-order valence-corrected chi connectivity index (χ0v) is 16.9. The van der Waals surface area contributed by atoms with Crippen LogP contribution in [0.2, 0.25) is 0 Å². The molecule has 1 aromatic carbocycles. The van der Waals surface area contributed by atoms with E-state index in [9.17, 15) is 0 Å². The fourth-order valence-electron chi connectivity index (χ4n) is 2.25. The summed E-state index contributed by atoms with van der Waals surface area (Å²) in [5.41, 5.74) is 1.89. The van der Waals surface area contributed by atoms with Gasteiger partial charge in [0.2, 0.25) is 0 Å². The lowest BCUT2D eigenvalue weighted by Gasteiger charge is -2.11. The third-order valence-electron chi connectivity index (χ3n) is 3.53. The first-order chi connectivity index (χ1) is 11.2. The molecule has 6 heteroatoms. The van der Waals surface area contributed by atoms with Gasteiger partial charge in [0.15, 0.2) is 11.7 Å². The third kappa shape index (κ3) is 6.90. The molecular formula is C18H27IN4O. The van der Waals surface area contributed by atoms with Gasteiger partial charge in [-0.15, -0.1) is 24.0 Å². The number of aliphatic imine (C=N–C) groups is 1. The fourth-order valence-corrected chi connectivity index (χ4v) is 2.25. The third-order valence-corrected chi connectivity index (χ3v) is 3.53. The minimum atomic E-state index is 0. The van der Waals surface area contributed by atoms with Gasteiger partial charge in [-0.3, -0.25) is 4.99 Å². The van der Waals surface area contributed by atoms with Crippen LogP contribution in [0.1, 0.15) is 32.4 Å². The summed E-state index contributed by atoms with van der Waals surface area (Å²) in [7, 11) is 1.77. The topological polar surface area (TPSA) is 62.5 Å². The molecule has 0 saturated heterocycles. The molecule has 1 heterocycles. The van der Waals surface area contributed by atoms with E-state index in [0.29, 0.717) is 6.54 Å². The number of benzene rings is 1. The minimum absolute atomic E-state index is 0. The molecule has 0 saturated carbocycles. The first-order valence-corrected chi connectivity index (χ1v) is 8.14. The summed E-state index contributed by atoms with van der Waals surface area (Å²) in [4.78, 5) is 4.22. The molecule has 0 atom stereocenters. The first-order valence-electron chi connectivity index (χ1n) is 8.14. The van der Waals surface area contributed by atoms with Crippen molar-refractivity contribution in [1.29, 1.82) is 0 Å². The number of rotatable bonds is 7. The van der Waals surface area contributed by atoms with E-state index >= 15 is 0 Å². The molecule has 0 aliphatic heterocycles. The Morgan fingerprint density at radius 1 is 1.21 bits per heavy atom. The van der Waals surface area contributed by atoms with Gasteiger partial charge in [-0.1, -0.05) is 49.3 Å². The fraction of sp³-hybridized carbons (Fsp3) is 0.444. The zero-order chi connectivity index (χ0) is 16.5. The van der Waals surface area contributed by atoms with Crippen LogP contribution in [0.3, 0.4) is 0 Å². The average molecular weight is 442 g/mol. The van der Waals surface area contributed by atoms with Crippen LogP contribution in [0.25, 0.3) is 11.3 Å². The lowest BCUT2D eigenvalue weighted by Crippen LogP contribution is -2.37. The average Bonchev–Trinajstić information content (AvgIpc) is 3.04. The maximum Gasteiger partial charge on any atom is 0.191 e. The van der Waals surface area contributed by atoms with E-state index < -0.39 is 0 Å².